The molecule has 0 rings (SSSR count). The minimum Gasteiger partial charge on any atom is -1.00 e. The van der Waals surface area contributed by atoms with Gasteiger partial charge in [0.15, 0.2) is 0 Å². The molecule has 3 N–H and O–H groups in total. The van der Waals surface area contributed by atoms with E-state index in [9.17, 15) is 0 Å². The molecule has 0 unspecified atom stereocenters. The summed E-state index contributed by atoms with van der Waals surface area (Å²) >= 11 is 4.29. The van der Waals surface area contributed by atoms with Gasteiger partial charge in [0.1, 0.15) is 0 Å². The van der Waals surface area contributed by atoms with Crippen molar-refractivity contribution in [2.45, 2.75) is 0 Å². The molecule has 0 aromatic carbocycles. The van der Waals surface area contributed by atoms with Crippen LogP contribution in [0.25, 0.3) is 0 Å². The Morgan fingerprint density at radius 2 is 1.57 bits per heavy atom. The van der Waals surface area contributed by atoms with Gasteiger partial charge in [-0.3, -0.25) is 0 Å². The van der Waals surface area contributed by atoms with Crippen LogP contribution in [0.15, 0.2) is 0 Å². The Labute approximate surface area is 79.3 Å². The quantitative estimate of drug-likeness (QED) is 0.418. The van der Waals surface area contributed by atoms with Crippen LogP contribution >= 0.6 is 11.9 Å². The van der Waals surface area contributed by atoms with E-state index in [1.807, 2.05) is 0 Å². The van der Waals surface area contributed by atoms with Crippen LogP contribution in [0.2, 0.25) is 0 Å². The maximum absolute atomic E-state index is 7.72. The molecular weight excluding hydrogens is 168 g/mol. The normalized spacial score (nSPS) is 10.3. The van der Waals surface area contributed by atoms with Gasteiger partial charge in [-0.05, 0) is 0 Å². The molecule has 0 radical (unpaired) electrons. The Morgan fingerprint density at radius 3 is 1.57 bits per heavy atom. The maximum atomic E-state index is 7.72. The van der Waals surface area contributed by atoms with Gasteiger partial charge in [-0.2, -0.15) is 0 Å². The molecule has 7 heavy (non-hydrogen) atoms. The van der Waals surface area contributed by atoms with Gasteiger partial charge in [-0.25, -0.2) is 3.98 Å². The molecule has 0 saturated carbocycles. The fourth-order valence-electron chi connectivity index (χ4n) is 0. The molecule has 0 aliphatic carbocycles. The van der Waals surface area contributed by atoms with Gasteiger partial charge >= 0.3 is 46.8 Å². The summed E-state index contributed by atoms with van der Waals surface area (Å²) in [5.74, 6) is 0. The predicted molar refractivity (Wildman–Crippen MR) is 27.3 cm³/mol. The maximum Gasteiger partial charge on any atom is 2.00 e. The van der Waals surface area contributed by atoms with E-state index in [4.69, 9.17) is 14.4 Å². The summed E-state index contributed by atoms with van der Waals surface area (Å²) in [7, 11) is -4.37. The van der Waals surface area contributed by atoms with E-state index in [-0.39, 0.29) is 40.6 Å². The fraction of sp³-hybridized carbons (Fsp3) is 0. The van der Waals surface area contributed by atoms with Gasteiger partial charge in [-0.15, -0.1) is 0 Å². The average Bonchev–Trinajstić information content (AvgIpc) is 1.35. The Morgan fingerprint density at radius 1 is 1.43 bits per heavy atom. The van der Waals surface area contributed by atoms with Gasteiger partial charge in [0, 0.05) is 0 Å². The van der Waals surface area contributed by atoms with Crippen molar-refractivity contribution in [2.75, 3.05) is 0 Å². The van der Waals surface area contributed by atoms with Crippen LogP contribution in [0.1, 0.15) is 2.85 Å². The molecule has 0 aromatic rings. The van der Waals surface area contributed by atoms with Crippen LogP contribution in [0.3, 0.4) is 0 Å². The first-order valence-corrected chi connectivity index (χ1v) is 3.09. The van der Waals surface area contributed by atoms with Crippen LogP contribution in [0.4, 0.5) is 0 Å². The first-order chi connectivity index (χ1) is 2.56. The Hall–Kier alpha value is 1.61. The molecule has 0 atom stereocenters. The van der Waals surface area contributed by atoms with Crippen LogP contribution in [0, 0.1) is 0 Å². The molecule has 0 spiro atoms. The van der Waals surface area contributed by atoms with Gasteiger partial charge in [0.05, 0.1) is 11.9 Å². The predicted octanol–water partition coefficient (Wildman–Crippen LogP) is -1.59. The van der Waals surface area contributed by atoms with Gasteiger partial charge in [-0.1, -0.05) is 0 Å². The SMILES string of the molecule is O[Si](O)(O)OCl.[Ca+2].[H-].[H-]. The molecular formula is H5CaClO4Si. The smallest absolute Gasteiger partial charge is 1.00 e. The standard InChI is InChI=1S/Ca.ClH3O4Si.2H/c;1-5-6(2,3)4;;/h;2-4H;;/q+2;;2*-1. The van der Waals surface area contributed by atoms with E-state index in [0.29, 0.717) is 0 Å². The molecule has 42 valence electrons. The first-order valence-electron chi connectivity index (χ1n) is 1.03. The summed E-state index contributed by atoms with van der Waals surface area (Å²) in [6, 6.07) is 0. The van der Waals surface area contributed by atoms with Crippen molar-refractivity contribution in [3.05, 3.63) is 0 Å². The molecule has 0 heterocycles. The molecule has 0 bridgehead atoms. The third-order valence-corrected chi connectivity index (χ3v) is 0.932. The molecule has 0 aliphatic rings. The summed E-state index contributed by atoms with van der Waals surface area (Å²) in [5.41, 5.74) is 0. The molecule has 0 fully saturated rings. The first kappa shape index (κ1) is 11.4. The average molecular weight is 173 g/mol. The van der Waals surface area contributed by atoms with Crippen LogP contribution < -0.4 is 0 Å². The van der Waals surface area contributed by atoms with E-state index in [2.05, 4.69) is 15.8 Å². The molecule has 7 heteroatoms. The van der Waals surface area contributed by atoms with Gasteiger partial charge < -0.3 is 17.2 Å². The molecule has 0 saturated heterocycles. The number of halogens is 1. The van der Waals surface area contributed by atoms with E-state index in [1.54, 1.807) is 0 Å². The number of hydrogen-bond donors (Lipinski definition) is 3. The van der Waals surface area contributed by atoms with E-state index in [1.165, 1.54) is 0 Å². The van der Waals surface area contributed by atoms with Crippen LogP contribution in [-0.2, 0) is 3.98 Å². The van der Waals surface area contributed by atoms with Crippen LogP contribution in [-0.4, -0.2) is 61.2 Å². The molecule has 4 nitrogen and oxygen atoms in total. The minimum absolute atomic E-state index is 0. The fourth-order valence-corrected chi connectivity index (χ4v) is 0. The van der Waals surface area contributed by atoms with Crippen molar-refractivity contribution in [1.82, 2.24) is 0 Å². The molecule has 0 aromatic heterocycles. The topological polar surface area (TPSA) is 69.9 Å². The largest absolute Gasteiger partial charge is 2.00 e. The second kappa shape index (κ2) is 4.48. The summed E-state index contributed by atoms with van der Waals surface area (Å²) in [6.07, 6.45) is 0. The van der Waals surface area contributed by atoms with Crippen molar-refractivity contribution in [2.24, 2.45) is 0 Å². The zero-order valence-electron chi connectivity index (χ0n) is 5.33. The summed E-state index contributed by atoms with van der Waals surface area (Å²) in [5, 5.41) is 0. The van der Waals surface area contributed by atoms with Crippen molar-refractivity contribution >= 4 is 58.7 Å². The van der Waals surface area contributed by atoms with Gasteiger partial charge in [0.25, 0.3) is 0 Å². The number of rotatable bonds is 1. The monoisotopic (exact) mass is 172 g/mol. The zero-order valence-corrected chi connectivity index (χ0v) is 7.30. The van der Waals surface area contributed by atoms with Crippen molar-refractivity contribution < 1.29 is 21.2 Å². The van der Waals surface area contributed by atoms with Crippen LogP contribution in [0.5, 0.6) is 0 Å². The van der Waals surface area contributed by atoms with E-state index < -0.39 is 9.05 Å². The minimum atomic E-state index is -4.37. The second-order valence-electron chi connectivity index (χ2n) is 0.651. The Bertz CT molecular complexity index is 48.3. The van der Waals surface area contributed by atoms with Crippen molar-refractivity contribution in [1.29, 1.82) is 0 Å². The third-order valence-electron chi connectivity index (χ3n) is 0.104. The number of hydrogen-bond acceptors (Lipinski definition) is 4. The van der Waals surface area contributed by atoms with Crippen molar-refractivity contribution in [3.63, 3.8) is 0 Å². The van der Waals surface area contributed by atoms with E-state index >= 15 is 0 Å². The molecule has 0 amide bonds. The summed E-state index contributed by atoms with van der Waals surface area (Å²) in [6.45, 7) is 0. The van der Waals surface area contributed by atoms with E-state index in [0.717, 1.165) is 0 Å². The Balaban J connectivity index is -0.0000000417. The Kier molecular flexibility index (Phi) is 7.31. The third kappa shape index (κ3) is 11.3. The summed E-state index contributed by atoms with van der Waals surface area (Å²) < 4.78 is 3.22. The zero-order chi connectivity index (χ0) is 5.21. The summed E-state index contributed by atoms with van der Waals surface area (Å²) in [4.78, 5) is 23.2. The van der Waals surface area contributed by atoms with Gasteiger partial charge in [0.2, 0.25) is 0 Å². The van der Waals surface area contributed by atoms with Crippen molar-refractivity contribution in [3.8, 4) is 0 Å². The second-order valence-corrected chi connectivity index (χ2v) is 2.42. The molecule has 0 aliphatic heterocycles.